The van der Waals surface area contributed by atoms with Crippen LogP contribution in [0.5, 0.6) is 0 Å². The summed E-state index contributed by atoms with van der Waals surface area (Å²) in [5.41, 5.74) is 1.76. The second-order valence-corrected chi connectivity index (χ2v) is 9.62. The van der Waals surface area contributed by atoms with Gasteiger partial charge in [-0.05, 0) is 54.4 Å². The molecule has 4 rings (SSSR count). The van der Waals surface area contributed by atoms with Gasteiger partial charge in [-0.15, -0.1) is 0 Å². The van der Waals surface area contributed by atoms with Crippen molar-refractivity contribution in [2.24, 2.45) is 0 Å². The first-order valence-electron chi connectivity index (χ1n) is 9.55. The number of fused-ring (bicyclic) bond motifs is 1. The number of furan rings is 1. The molecule has 0 bridgehead atoms. The maximum absolute atomic E-state index is 13.0. The molecule has 2 heterocycles. The highest BCUT2D eigenvalue weighted by atomic mass is 79.9. The topological polar surface area (TPSA) is 104 Å². The average molecular weight is 502 g/mol. The Labute approximate surface area is 188 Å². The van der Waals surface area contributed by atoms with Crippen molar-refractivity contribution in [2.45, 2.75) is 23.9 Å². The summed E-state index contributed by atoms with van der Waals surface area (Å²) in [6, 6.07) is 16.4. The highest BCUT2D eigenvalue weighted by molar-refractivity contribution is 9.10. The molecule has 0 aliphatic rings. The molecular weight excluding hydrogens is 482 g/mol. The van der Waals surface area contributed by atoms with Gasteiger partial charge in [-0.1, -0.05) is 34.1 Å². The van der Waals surface area contributed by atoms with Crippen LogP contribution in [0.4, 0.5) is 0 Å². The zero-order valence-corrected chi connectivity index (χ0v) is 18.7. The Morgan fingerprint density at radius 2 is 1.84 bits per heavy atom. The van der Waals surface area contributed by atoms with Crippen LogP contribution in [0.2, 0.25) is 0 Å². The van der Waals surface area contributed by atoms with Crippen LogP contribution in [0, 0.1) is 0 Å². The maximum atomic E-state index is 13.0. The Morgan fingerprint density at radius 3 is 2.58 bits per heavy atom. The number of aromatic amines is 1. The fourth-order valence-electron chi connectivity index (χ4n) is 3.29. The molecule has 0 aliphatic heterocycles. The molecule has 0 saturated carbocycles. The van der Waals surface area contributed by atoms with Crippen molar-refractivity contribution in [1.29, 1.82) is 0 Å². The first kappa shape index (κ1) is 21.4. The molecule has 2 aromatic heterocycles. The standard InChI is InChI=1S/C22H20BrN3O4S/c23-16-7-9-18(10-8-16)31(28,29)26-21(22(27)25-14-17-4-3-11-30-17)12-15-13-24-20-6-2-1-5-19(15)20/h1-11,13,21,24,26H,12,14H2,(H,25,27)/t21-/m0/s1. The lowest BCUT2D eigenvalue weighted by Gasteiger charge is -2.18. The molecule has 4 aromatic rings. The van der Waals surface area contributed by atoms with Crippen LogP contribution in [-0.4, -0.2) is 25.4 Å². The highest BCUT2D eigenvalue weighted by Crippen LogP contribution is 2.20. The van der Waals surface area contributed by atoms with Crippen LogP contribution < -0.4 is 10.0 Å². The number of hydrogen-bond acceptors (Lipinski definition) is 4. The van der Waals surface area contributed by atoms with Gasteiger partial charge in [0.2, 0.25) is 15.9 Å². The van der Waals surface area contributed by atoms with Crippen LogP contribution in [0.25, 0.3) is 10.9 Å². The number of nitrogens with one attached hydrogen (secondary N) is 3. The normalized spacial score (nSPS) is 12.7. The van der Waals surface area contributed by atoms with Gasteiger partial charge in [-0.3, -0.25) is 4.79 Å². The SMILES string of the molecule is O=C(NCc1ccco1)[C@H](Cc1c[nH]c2ccccc12)NS(=O)(=O)c1ccc(Br)cc1. The Hall–Kier alpha value is -2.88. The van der Waals surface area contributed by atoms with Crippen molar-refractivity contribution in [2.75, 3.05) is 0 Å². The number of amides is 1. The van der Waals surface area contributed by atoms with Gasteiger partial charge in [-0.25, -0.2) is 8.42 Å². The number of benzene rings is 2. The Kier molecular flexibility index (Phi) is 6.26. The monoisotopic (exact) mass is 501 g/mol. The van der Waals surface area contributed by atoms with E-state index in [4.69, 9.17) is 4.42 Å². The summed E-state index contributed by atoms with van der Waals surface area (Å²) in [5.74, 6) is 0.136. The zero-order valence-electron chi connectivity index (χ0n) is 16.3. The first-order chi connectivity index (χ1) is 14.9. The fraction of sp³-hybridized carbons (Fsp3) is 0.136. The van der Waals surface area contributed by atoms with Gasteiger partial charge < -0.3 is 14.7 Å². The van der Waals surface area contributed by atoms with Crippen LogP contribution in [0.15, 0.2) is 86.9 Å². The average Bonchev–Trinajstić information content (AvgIpc) is 3.42. The van der Waals surface area contributed by atoms with Crippen LogP contribution in [0.1, 0.15) is 11.3 Å². The Bertz CT molecular complexity index is 1280. The molecule has 0 fully saturated rings. The largest absolute Gasteiger partial charge is 0.467 e. The summed E-state index contributed by atoms with van der Waals surface area (Å²) in [4.78, 5) is 16.2. The number of aromatic nitrogens is 1. The molecule has 160 valence electrons. The van der Waals surface area contributed by atoms with Crippen molar-refractivity contribution in [3.63, 3.8) is 0 Å². The number of H-pyrrole nitrogens is 1. The van der Waals surface area contributed by atoms with Gasteiger partial charge in [0.05, 0.1) is 17.7 Å². The van der Waals surface area contributed by atoms with Crippen molar-refractivity contribution in [3.05, 3.63) is 88.9 Å². The van der Waals surface area contributed by atoms with Crippen LogP contribution in [-0.2, 0) is 27.8 Å². The van der Waals surface area contributed by atoms with Gasteiger partial charge in [0.15, 0.2) is 0 Å². The van der Waals surface area contributed by atoms with Gasteiger partial charge in [0, 0.05) is 21.6 Å². The highest BCUT2D eigenvalue weighted by Gasteiger charge is 2.27. The van der Waals surface area contributed by atoms with Crippen molar-refractivity contribution < 1.29 is 17.6 Å². The third kappa shape index (κ3) is 5.07. The summed E-state index contributed by atoms with van der Waals surface area (Å²) in [5, 5.41) is 3.69. The summed E-state index contributed by atoms with van der Waals surface area (Å²) < 4.78 is 34.5. The van der Waals surface area contributed by atoms with Gasteiger partial charge >= 0.3 is 0 Å². The van der Waals surface area contributed by atoms with Gasteiger partial charge in [0.1, 0.15) is 11.8 Å². The lowest BCUT2D eigenvalue weighted by atomic mass is 10.1. The number of para-hydroxylation sites is 1. The number of rotatable bonds is 8. The third-order valence-corrected chi connectivity index (χ3v) is 6.87. The Morgan fingerprint density at radius 1 is 1.06 bits per heavy atom. The maximum Gasteiger partial charge on any atom is 0.241 e. The number of hydrogen-bond donors (Lipinski definition) is 3. The number of sulfonamides is 1. The summed E-state index contributed by atoms with van der Waals surface area (Å²) >= 11 is 3.30. The Balaban J connectivity index is 1.59. The van der Waals surface area contributed by atoms with E-state index < -0.39 is 22.0 Å². The van der Waals surface area contributed by atoms with Crippen LogP contribution >= 0.6 is 15.9 Å². The molecule has 31 heavy (non-hydrogen) atoms. The minimum atomic E-state index is -3.92. The van der Waals surface area contributed by atoms with E-state index >= 15 is 0 Å². The van der Waals surface area contributed by atoms with Gasteiger partial charge in [0.25, 0.3) is 0 Å². The molecule has 2 aromatic carbocycles. The predicted molar refractivity (Wildman–Crippen MR) is 121 cm³/mol. The second-order valence-electron chi connectivity index (χ2n) is 6.99. The number of halogens is 1. The van der Waals surface area contributed by atoms with E-state index in [2.05, 4.69) is 31.0 Å². The van der Waals surface area contributed by atoms with E-state index in [1.807, 2.05) is 24.3 Å². The van der Waals surface area contributed by atoms with Gasteiger partial charge in [-0.2, -0.15) is 4.72 Å². The summed E-state index contributed by atoms with van der Waals surface area (Å²) in [7, 11) is -3.92. The van der Waals surface area contributed by atoms with E-state index in [-0.39, 0.29) is 17.9 Å². The molecule has 1 atom stereocenters. The van der Waals surface area contributed by atoms with Crippen molar-refractivity contribution >= 4 is 42.8 Å². The molecule has 3 N–H and O–H groups in total. The lowest BCUT2D eigenvalue weighted by Crippen LogP contribution is -2.47. The van der Waals surface area contributed by atoms with Crippen molar-refractivity contribution in [3.8, 4) is 0 Å². The van der Waals surface area contributed by atoms with E-state index in [0.717, 1.165) is 20.9 Å². The third-order valence-electron chi connectivity index (χ3n) is 4.85. The minimum Gasteiger partial charge on any atom is -0.467 e. The molecule has 0 spiro atoms. The molecule has 1 amide bonds. The molecule has 9 heteroatoms. The molecule has 7 nitrogen and oxygen atoms in total. The fourth-order valence-corrected chi connectivity index (χ4v) is 4.75. The molecule has 0 aliphatic carbocycles. The molecular formula is C22H20BrN3O4S. The molecule has 0 unspecified atom stereocenters. The first-order valence-corrected chi connectivity index (χ1v) is 11.8. The van der Waals surface area contributed by atoms with E-state index in [0.29, 0.717) is 5.76 Å². The van der Waals surface area contributed by atoms with Crippen molar-refractivity contribution in [1.82, 2.24) is 15.0 Å². The molecule has 0 saturated heterocycles. The lowest BCUT2D eigenvalue weighted by molar-refractivity contribution is -0.122. The predicted octanol–water partition coefficient (Wildman–Crippen LogP) is 3.73. The van der Waals surface area contributed by atoms with E-state index in [1.165, 1.54) is 18.4 Å². The van der Waals surface area contributed by atoms with Crippen LogP contribution in [0.3, 0.4) is 0 Å². The minimum absolute atomic E-state index is 0.0819. The quantitative estimate of drug-likeness (QED) is 0.342. The summed E-state index contributed by atoms with van der Waals surface area (Å²) in [6.07, 6.45) is 3.50. The molecule has 0 radical (unpaired) electrons. The second kappa shape index (κ2) is 9.09. The van der Waals surface area contributed by atoms with E-state index in [1.54, 1.807) is 30.5 Å². The zero-order chi connectivity index (χ0) is 21.8. The summed E-state index contributed by atoms with van der Waals surface area (Å²) in [6.45, 7) is 0.163. The number of carbonyl (C=O) groups is 1. The van der Waals surface area contributed by atoms with E-state index in [9.17, 15) is 13.2 Å². The smallest absolute Gasteiger partial charge is 0.241 e. The number of carbonyl (C=O) groups excluding carboxylic acids is 1.